The van der Waals surface area contributed by atoms with E-state index in [-0.39, 0.29) is 5.91 Å². The van der Waals surface area contributed by atoms with Crippen molar-refractivity contribution in [3.63, 3.8) is 0 Å². The molecule has 10 heteroatoms. The summed E-state index contributed by atoms with van der Waals surface area (Å²) in [4.78, 5) is 28.0. The number of amides is 1. The zero-order valence-electron chi connectivity index (χ0n) is 16.2. The van der Waals surface area contributed by atoms with Crippen LogP contribution in [0.25, 0.3) is 10.2 Å². The van der Waals surface area contributed by atoms with E-state index in [4.69, 9.17) is 14.2 Å². The molecule has 1 fully saturated rings. The molecule has 1 aliphatic heterocycles. The second kappa shape index (κ2) is 8.68. The lowest BCUT2D eigenvalue weighted by molar-refractivity contribution is 0.102. The van der Waals surface area contributed by atoms with Gasteiger partial charge in [0.25, 0.3) is 5.91 Å². The van der Waals surface area contributed by atoms with Crippen molar-refractivity contribution in [2.24, 2.45) is 0 Å². The number of fused-ring (bicyclic) bond motifs is 1. The molecule has 0 atom stereocenters. The normalized spacial score (nSPS) is 14.2. The van der Waals surface area contributed by atoms with Crippen LogP contribution in [0.2, 0.25) is 0 Å². The SMILES string of the molecule is COCc1cc(C(=O)Nc2nc3c(OC)ncc(N4CCOCC4)c3s2)ccn1. The number of anilines is 2. The first kappa shape index (κ1) is 19.5. The molecule has 1 N–H and O–H groups in total. The second-order valence-electron chi connectivity index (χ2n) is 6.37. The summed E-state index contributed by atoms with van der Waals surface area (Å²) in [5, 5.41) is 3.35. The lowest BCUT2D eigenvalue weighted by atomic mass is 10.2. The third-order valence-corrected chi connectivity index (χ3v) is 5.50. The van der Waals surface area contributed by atoms with E-state index in [1.54, 1.807) is 38.7 Å². The largest absolute Gasteiger partial charge is 0.479 e. The van der Waals surface area contributed by atoms with Gasteiger partial charge in [0.15, 0.2) is 5.13 Å². The summed E-state index contributed by atoms with van der Waals surface area (Å²) in [6.07, 6.45) is 3.38. The van der Waals surface area contributed by atoms with E-state index < -0.39 is 0 Å². The van der Waals surface area contributed by atoms with Gasteiger partial charge in [-0.3, -0.25) is 15.1 Å². The molecule has 0 bridgehead atoms. The van der Waals surface area contributed by atoms with Crippen molar-refractivity contribution in [2.75, 3.05) is 50.7 Å². The number of ether oxygens (including phenoxy) is 3. The van der Waals surface area contributed by atoms with Crippen molar-refractivity contribution in [1.29, 1.82) is 0 Å². The van der Waals surface area contributed by atoms with E-state index in [0.29, 0.717) is 47.6 Å². The molecule has 4 rings (SSSR count). The number of thiazole rings is 1. The fourth-order valence-electron chi connectivity index (χ4n) is 3.13. The Labute approximate surface area is 171 Å². The quantitative estimate of drug-likeness (QED) is 0.655. The van der Waals surface area contributed by atoms with Crippen molar-refractivity contribution >= 4 is 38.3 Å². The van der Waals surface area contributed by atoms with Crippen molar-refractivity contribution in [1.82, 2.24) is 15.0 Å². The highest BCUT2D eigenvalue weighted by atomic mass is 32.1. The van der Waals surface area contributed by atoms with Gasteiger partial charge in [0.2, 0.25) is 5.88 Å². The number of pyridine rings is 2. The van der Waals surface area contributed by atoms with Crippen LogP contribution in [-0.2, 0) is 16.1 Å². The third-order valence-electron chi connectivity index (χ3n) is 4.50. The maximum absolute atomic E-state index is 12.7. The molecule has 0 aromatic carbocycles. The lowest BCUT2D eigenvalue weighted by Crippen LogP contribution is -2.36. The van der Waals surface area contributed by atoms with Crippen LogP contribution in [0, 0.1) is 0 Å². The summed E-state index contributed by atoms with van der Waals surface area (Å²) in [7, 11) is 3.14. The maximum atomic E-state index is 12.7. The first-order chi connectivity index (χ1) is 14.2. The number of hydrogen-bond donors (Lipinski definition) is 1. The van der Waals surface area contributed by atoms with Gasteiger partial charge < -0.3 is 19.1 Å². The van der Waals surface area contributed by atoms with E-state index in [9.17, 15) is 4.79 Å². The molecule has 0 aliphatic carbocycles. The molecule has 1 amide bonds. The zero-order valence-corrected chi connectivity index (χ0v) is 17.0. The molecule has 4 heterocycles. The minimum atomic E-state index is -0.261. The average molecular weight is 415 g/mol. The zero-order chi connectivity index (χ0) is 20.2. The number of rotatable bonds is 6. The minimum Gasteiger partial charge on any atom is -0.479 e. The summed E-state index contributed by atoms with van der Waals surface area (Å²) < 4.78 is 16.8. The van der Waals surface area contributed by atoms with Crippen molar-refractivity contribution < 1.29 is 19.0 Å². The summed E-state index contributed by atoms with van der Waals surface area (Å²) >= 11 is 1.40. The van der Waals surface area contributed by atoms with Crippen LogP contribution in [-0.4, -0.2) is 61.4 Å². The Morgan fingerprint density at radius 1 is 1.31 bits per heavy atom. The van der Waals surface area contributed by atoms with Gasteiger partial charge >= 0.3 is 0 Å². The minimum absolute atomic E-state index is 0.261. The van der Waals surface area contributed by atoms with Crippen LogP contribution in [0.5, 0.6) is 5.88 Å². The number of methoxy groups -OCH3 is 2. The fraction of sp³-hybridized carbons (Fsp3) is 0.368. The first-order valence-corrected chi connectivity index (χ1v) is 9.92. The third kappa shape index (κ3) is 4.14. The Morgan fingerprint density at radius 3 is 2.90 bits per heavy atom. The number of hydrogen-bond acceptors (Lipinski definition) is 9. The van der Waals surface area contributed by atoms with Gasteiger partial charge in [-0.15, -0.1) is 0 Å². The van der Waals surface area contributed by atoms with E-state index in [2.05, 4.69) is 25.2 Å². The topological polar surface area (TPSA) is 98.7 Å². The van der Waals surface area contributed by atoms with Gasteiger partial charge in [0.1, 0.15) is 5.52 Å². The van der Waals surface area contributed by atoms with Crippen molar-refractivity contribution in [3.8, 4) is 5.88 Å². The molecule has 1 saturated heterocycles. The Kier molecular flexibility index (Phi) is 5.84. The van der Waals surface area contributed by atoms with Gasteiger partial charge in [-0.05, 0) is 12.1 Å². The van der Waals surface area contributed by atoms with Crippen LogP contribution in [0.1, 0.15) is 16.1 Å². The number of nitrogens with zero attached hydrogens (tertiary/aromatic N) is 4. The van der Waals surface area contributed by atoms with Crippen molar-refractivity contribution in [2.45, 2.75) is 6.61 Å². The Bertz CT molecular complexity index is 1020. The van der Waals surface area contributed by atoms with E-state index in [1.807, 2.05) is 0 Å². The number of morpholine rings is 1. The van der Waals surface area contributed by atoms with E-state index >= 15 is 0 Å². The predicted octanol–water partition coefficient (Wildman–Crippen LogP) is 2.33. The molecule has 9 nitrogen and oxygen atoms in total. The molecular weight excluding hydrogens is 394 g/mol. The maximum Gasteiger partial charge on any atom is 0.257 e. The highest BCUT2D eigenvalue weighted by Gasteiger charge is 2.21. The number of aromatic nitrogens is 3. The molecule has 0 spiro atoms. The molecular formula is C19H21N5O4S. The Morgan fingerprint density at radius 2 is 2.14 bits per heavy atom. The standard InChI is InChI=1S/C19H21N5O4S/c1-26-11-13-9-12(3-4-20-13)17(25)23-19-22-15-16(29-19)14(10-21-18(15)27-2)24-5-7-28-8-6-24/h3-4,9-10H,5-8,11H2,1-2H3,(H,22,23,25). The highest BCUT2D eigenvalue weighted by molar-refractivity contribution is 7.23. The summed E-state index contributed by atoms with van der Waals surface area (Å²) in [5.41, 5.74) is 2.77. The van der Waals surface area contributed by atoms with E-state index in [1.165, 1.54) is 11.3 Å². The molecule has 0 radical (unpaired) electrons. The summed E-state index contributed by atoms with van der Waals surface area (Å²) in [5.74, 6) is 0.170. The molecule has 0 unspecified atom stereocenters. The number of carbonyl (C=O) groups excluding carboxylic acids is 1. The lowest BCUT2D eigenvalue weighted by Gasteiger charge is -2.28. The van der Waals surface area contributed by atoms with Crippen LogP contribution >= 0.6 is 11.3 Å². The monoisotopic (exact) mass is 415 g/mol. The van der Waals surface area contributed by atoms with Crippen LogP contribution in [0.4, 0.5) is 10.8 Å². The smallest absolute Gasteiger partial charge is 0.257 e. The van der Waals surface area contributed by atoms with Gasteiger partial charge in [-0.1, -0.05) is 11.3 Å². The summed E-state index contributed by atoms with van der Waals surface area (Å²) in [6.45, 7) is 3.24. The van der Waals surface area contributed by atoms with Gasteiger partial charge in [-0.2, -0.15) is 0 Å². The summed E-state index contributed by atoms with van der Waals surface area (Å²) in [6, 6.07) is 3.36. The molecule has 152 valence electrons. The first-order valence-electron chi connectivity index (χ1n) is 9.11. The highest BCUT2D eigenvalue weighted by Crippen LogP contribution is 2.38. The van der Waals surface area contributed by atoms with Crippen LogP contribution in [0.3, 0.4) is 0 Å². The fourth-order valence-corrected chi connectivity index (χ4v) is 4.12. The molecule has 29 heavy (non-hydrogen) atoms. The van der Waals surface area contributed by atoms with E-state index in [0.717, 1.165) is 23.5 Å². The second-order valence-corrected chi connectivity index (χ2v) is 7.37. The Hall–Kier alpha value is -2.82. The van der Waals surface area contributed by atoms with Gasteiger partial charge in [0, 0.05) is 32.0 Å². The number of nitrogens with one attached hydrogen (secondary N) is 1. The molecule has 0 saturated carbocycles. The van der Waals surface area contributed by atoms with Gasteiger partial charge in [-0.25, -0.2) is 9.97 Å². The molecule has 3 aromatic rings. The van der Waals surface area contributed by atoms with Gasteiger partial charge in [0.05, 0.1) is 49.2 Å². The molecule has 3 aromatic heterocycles. The molecule has 1 aliphatic rings. The average Bonchev–Trinajstić information content (AvgIpc) is 3.17. The Balaban J connectivity index is 1.64. The van der Waals surface area contributed by atoms with Crippen LogP contribution < -0.4 is 15.0 Å². The number of carbonyl (C=O) groups is 1. The van der Waals surface area contributed by atoms with Crippen LogP contribution in [0.15, 0.2) is 24.5 Å². The van der Waals surface area contributed by atoms with Crippen molar-refractivity contribution in [3.05, 3.63) is 35.8 Å². The predicted molar refractivity (Wildman–Crippen MR) is 110 cm³/mol.